The maximum absolute atomic E-state index is 14.1. The molecule has 1 N–H and O–H groups in total. The van der Waals surface area contributed by atoms with E-state index in [0.717, 1.165) is 46.4 Å². The highest BCUT2D eigenvalue weighted by Crippen LogP contribution is 2.29. The van der Waals surface area contributed by atoms with E-state index in [1.54, 1.807) is 50.2 Å². The Bertz CT molecular complexity index is 1460. The fourth-order valence-electron chi connectivity index (χ4n) is 5.07. The molecule has 0 aromatic heterocycles. The van der Waals surface area contributed by atoms with Gasteiger partial charge in [-0.05, 0) is 80.3 Å². The van der Waals surface area contributed by atoms with Crippen LogP contribution >= 0.6 is 27.5 Å². The summed E-state index contributed by atoms with van der Waals surface area (Å²) in [4.78, 5) is 29.0. The van der Waals surface area contributed by atoms with Crippen molar-refractivity contribution >= 4 is 55.1 Å². The van der Waals surface area contributed by atoms with Crippen LogP contribution in [0.5, 0.6) is 0 Å². The van der Waals surface area contributed by atoms with Crippen LogP contribution in [-0.2, 0) is 26.2 Å². The number of anilines is 1. The van der Waals surface area contributed by atoms with E-state index in [1.165, 1.54) is 17.0 Å². The summed E-state index contributed by atoms with van der Waals surface area (Å²) >= 11 is 9.61. The van der Waals surface area contributed by atoms with Crippen LogP contribution in [0.25, 0.3) is 0 Å². The molecule has 7 nitrogen and oxygen atoms in total. The van der Waals surface area contributed by atoms with E-state index in [1.807, 2.05) is 24.3 Å². The van der Waals surface area contributed by atoms with Crippen LogP contribution in [0.2, 0.25) is 5.02 Å². The molecule has 0 radical (unpaired) electrons. The van der Waals surface area contributed by atoms with E-state index in [-0.39, 0.29) is 23.4 Å². The molecule has 1 atom stereocenters. The number of nitrogens with one attached hydrogen (secondary N) is 1. The first kappa shape index (κ1) is 31.1. The van der Waals surface area contributed by atoms with Crippen LogP contribution < -0.4 is 9.62 Å². The van der Waals surface area contributed by atoms with Gasteiger partial charge in [0.15, 0.2) is 0 Å². The molecule has 0 spiro atoms. The van der Waals surface area contributed by atoms with Crippen LogP contribution in [0.3, 0.4) is 0 Å². The number of carbonyl (C=O) groups excluding carboxylic acids is 2. The smallest absolute Gasteiger partial charge is 0.264 e. The second-order valence-electron chi connectivity index (χ2n) is 10.4. The minimum Gasteiger partial charge on any atom is -0.352 e. The molecular formula is C31H35BrClN3O4S. The van der Waals surface area contributed by atoms with E-state index < -0.39 is 28.5 Å². The van der Waals surface area contributed by atoms with Crippen molar-refractivity contribution in [2.45, 2.75) is 69.5 Å². The molecule has 0 aliphatic heterocycles. The van der Waals surface area contributed by atoms with Gasteiger partial charge < -0.3 is 10.2 Å². The number of rotatable bonds is 10. The summed E-state index contributed by atoms with van der Waals surface area (Å²) in [5.74, 6) is -0.740. The summed E-state index contributed by atoms with van der Waals surface area (Å²) in [7, 11) is -4.13. The Morgan fingerprint density at radius 2 is 1.66 bits per heavy atom. The summed E-state index contributed by atoms with van der Waals surface area (Å²) in [6.45, 7) is 3.10. The number of halogens is 2. The van der Waals surface area contributed by atoms with Crippen LogP contribution in [0.4, 0.5) is 5.69 Å². The highest BCUT2D eigenvalue weighted by molar-refractivity contribution is 9.10. The number of hydrogen-bond donors (Lipinski definition) is 1. The number of nitrogens with zero attached hydrogens (tertiary/aromatic N) is 2. The van der Waals surface area contributed by atoms with Gasteiger partial charge in [0.05, 0.1) is 10.6 Å². The SMILES string of the molecule is Cc1cc(Cl)ccc1N(CC(=O)N(Cc1ccc(Br)cc1)C(C)C(=O)NC1CCCCC1)S(=O)(=O)c1ccccc1. The first-order chi connectivity index (χ1) is 19.6. The van der Waals surface area contributed by atoms with Crippen molar-refractivity contribution in [1.29, 1.82) is 0 Å². The average Bonchev–Trinajstić information content (AvgIpc) is 2.96. The molecule has 41 heavy (non-hydrogen) atoms. The van der Waals surface area contributed by atoms with Crippen molar-refractivity contribution in [3.63, 3.8) is 0 Å². The third-order valence-corrected chi connectivity index (χ3v) is 9.96. The highest BCUT2D eigenvalue weighted by atomic mass is 79.9. The van der Waals surface area contributed by atoms with Gasteiger partial charge in [-0.1, -0.05) is 77.1 Å². The zero-order valence-corrected chi connectivity index (χ0v) is 26.4. The molecular weight excluding hydrogens is 626 g/mol. The van der Waals surface area contributed by atoms with E-state index >= 15 is 0 Å². The lowest BCUT2D eigenvalue weighted by atomic mass is 9.95. The van der Waals surface area contributed by atoms with Crippen LogP contribution in [-0.4, -0.2) is 43.8 Å². The maximum atomic E-state index is 14.1. The molecule has 2 amide bonds. The van der Waals surface area contributed by atoms with Gasteiger partial charge in [0.2, 0.25) is 11.8 Å². The van der Waals surface area contributed by atoms with E-state index in [2.05, 4.69) is 21.2 Å². The van der Waals surface area contributed by atoms with Gasteiger partial charge >= 0.3 is 0 Å². The predicted octanol–water partition coefficient (Wildman–Crippen LogP) is 6.47. The number of hydrogen-bond acceptors (Lipinski definition) is 4. The van der Waals surface area contributed by atoms with E-state index in [9.17, 15) is 18.0 Å². The summed E-state index contributed by atoms with van der Waals surface area (Å²) in [6.07, 6.45) is 5.11. The number of carbonyl (C=O) groups is 2. The van der Waals surface area contributed by atoms with Gasteiger partial charge in [-0.25, -0.2) is 8.42 Å². The molecule has 0 bridgehead atoms. The zero-order chi connectivity index (χ0) is 29.6. The lowest BCUT2D eigenvalue weighted by molar-refractivity contribution is -0.139. The Hall–Kier alpha value is -2.88. The molecule has 1 aliphatic carbocycles. The molecule has 1 aliphatic rings. The van der Waals surface area contributed by atoms with Gasteiger partial charge in [-0.3, -0.25) is 13.9 Å². The lowest BCUT2D eigenvalue weighted by Gasteiger charge is -2.33. The fraction of sp³-hybridized carbons (Fsp3) is 0.355. The Balaban J connectivity index is 1.69. The first-order valence-electron chi connectivity index (χ1n) is 13.7. The van der Waals surface area contributed by atoms with Gasteiger partial charge in [0, 0.05) is 22.1 Å². The van der Waals surface area contributed by atoms with Crippen molar-refractivity contribution < 1.29 is 18.0 Å². The Morgan fingerprint density at radius 3 is 2.29 bits per heavy atom. The minimum absolute atomic E-state index is 0.0599. The number of sulfonamides is 1. The van der Waals surface area contributed by atoms with Gasteiger partial charge in [-0.2, -0.15) is 0 Å². The number of aryl methyl sites for hydroxylation is 1. The standard InChI is InChI=1S/C31H35BrClN3O4S/c1-22-19-26(33)17-18-29(22)36(41(39,40)28-11-7-4-8-12-28)21-30(37)35(20-24-13-15-25(32)16-14-24)23(2)31(38)34-27-9-5-3-6-10-27/h4,7-8,11-19,23,27H,3,5-6,9-10,20-21H2,1-2H3,(H,34,38). The van der Waals surface area contributed by atoms with Crippen LogP contribution in [0.1, 0.15) is 50.2 Å². The van der Waals surface area contributed by atoms with Gasteiger partial charge in [0.25, 0.3) is 10.0 Å². The Morgan fingerprint density at radius 1 is 1.00 bits per heavy atom. The third-order valence-electron chi connectivity index (χ3n) is 7.42. The van der Waals surface area contributed by atoms with Crippen molar-refractivity contribution in [2.24, 2.45) is 0 Å². The van der Waals surface area contributed by atoms with Gasteiger partial charge in [-0.15, -0.1) is 0 Å². The third kappa shape index (κ3) is 7.90. The molecule has 218 valence electrons. The Labute approximate surface area is 256 Å². The minimum atomic E-state index is -4.13. The van der Waals surface area contributed by atoms with Crippen LogP contribution in [0, 0.1) is 6.92 Å². The topological polar surface area (TPSA) is 86.8 Å². The molecule has 1 fully saturated rings. The quantitative estimate of drug-likeness (QED) is 0.270. The van der Waals surface area contributed by atoms with Crippen molar-refractivity contribution in [2.75, 3.05) is 10.8 Å². The fourth-order valence-corrected chi connectivity index (χ4v) is 7.06. The second-order valence-corrected chi connectivity index (χ2v) is 13.6. The summed E-state index contributed by atoms with van der Waals surface area (Å²) in [5, 5.41) is 3.58. The van der Waals surface area contributed by atoms with Crippen molar-refractivity contribution in [3.05, 3.63) is 93.4 Å². The molecule has 0 heterocycles. The molecule has 1 saturated carbocycles. The monoisotopic (exact) mass is 659 g/mol. The highest BCUT2D eigenvalue weighted by Gasteiger charge is 2.33. The second kappa shape index (κ2) is 13.9. The molecule has 3 aromatic carbocycles. The number of benzene rings is 3. The molecule has 4 rings (SSSR count). The molecule has 3 aromatic rings. The first-order valence-corrected chi connectivity index (χ1v) is 16.4. The summed E-state index contributed by atoms with van der Waals surface area (Å²) in [5.41, 5.74) is 1.76. The van der Waals surface area contributed by atoms with E-state index in [0.29, 0.717) is 16.3 Å². The molecule has 1 unspecified atom stereocenters. The summed E-state index contributed by atoms with van der Waals surface area (Å²) in [6, 6.07) is 19.6. The number of amides is 2. The molecule has 10 heteroatoms. The molecule has 0 saturated heterocycles. The predicted molar refractivity (Wildman–Crippen MR) is 166 cm³/mol. The normalized spacial score (nSPS) is 14.7. The van der Waals surface area contributed by atoms with Crippen molar-refractivity contribution in [3.8, 4) is 0 Å². The lowest BCUT2D eigenvalue weighted by Crippen LogP contribution is -2.53. The van der Waals surface area contributed by atoms with Crippen molar-refractivity contribution in [1.82, 2.24) is 10.2 Å². The van der Waals surface area contributed by atoms with E-state index in [4.69, 9.17) is 11.6 Å². The maximum Gasteiger partial charge on any atom is 0.264 e. The Kier molecular flexibility index (Phi) is 10.5. The van der Waals surface area contributed by atoms with Gasteiger partial charge in [0.1, 0.15) is 12.6 Å². The average molecular weight is 661 g/mol. The van der Waals surface area contributed by atoms with Crippen LogP contribution in [0.15, 0.2) is 82.2 Å². The zero-order valence-electron chi connectivity index (χ0n) is 23.2. The largest absolute Gasteiger partial charge is 0.352 e. The summed E-state index contributed by atoms with van der Waals surface area (Å²) < 4.78 is 29.9.